The van der Waals surface area contributed by atoms with Gasteiger partial charge in [-0.05, 0) is 18.2 Å². The summed E-state index contributed by atoms with van der Waals surface area (Å²) in [6, 6.07) is 5.11. The van der Waals surface area contributed by atoms with Gasteiger partial charge in [-0.3, -0.25) is 0 Å². The van der Waals surface area contributed by atoms with Gasteiger partial charge in [-0.2, -0.15) is 0 Å². The molecular weight excluding hydrogens is 236 g/mol. The van der Waals surface area contributed by atoms with Gasteiger partial charge in [0.25, 0.3) is 0 Å². The molecule has 0 saturated carbocycles. The molecular formula is C9H11ClN2O2S. The summed E-state index contributed by atoms with van der Waals surface area (Å²) >= 11 is 7.22. The summed E-state index contributed by atoms with van der Waals surface area (Å²) in [5, 5.41) is 20.7. The summed E-state index contributed by atoms with van der Waals surface area (Å²) in [5.41, 5.74) is 6.07. The fourth-order valence-electron chi connectivity index (χ4n) is 1.04. The van der Waals surface area contributed by atoms with Crippen molar-refractivity contribution in [1.29, 1.82) is 0 Å². The van der Waals surface area contributed by atoms with E-state index in [1.54, 1.807) is 18.2 Å². The predicted octanol–water partition coefficient (Wildman–Crippen LogP) is 1.52. The number of thioether (sulfide) groups is 1. The van der Waals surface area contributed by atoms with E-state index in [0.29, 0.717) is 16.3 Å². The Morgan fingerprint density at radius 2 is 2.27 bits per heavy atom. The number of nitrogens with two attached hydrogens (primary N) is 1. The highest BCUT2D eigenvalue weighted by molar-refractivity contribution is 7.99. The Labute approximate surface area is 96.7 Å². The highest BCUT2D eigenvalue weighted by atomic mass is 35.5. The predicted molar refractivity (Wildman–Crippen MR) is 61.8 cm³/mol. The summed E-state index contributed by atoms with van der Waals surface area (Å²) in [4.78, 5) is 0.823. The third-order valence-corrected chi connectivity index (χ3v) is 2.96. The standard InChI is InChI=1S/C9H11ClN2O2S/c10-6-1-2-8(15-4-3-13)7(5-6)9(11)12-14/h1-2,5,13-14H,3-4H2,(H2,11,12). The number of nitrogens with zero attached hydrogens (tertiary/aromatic N) is 1. The van der Waals surface area contributed by atoms with Gasteiger partial charge in [-0.1, -0.05) is 16.8 Å². The lowest BCUT2D eigenvalue weighted by atomic mass is 10.2. The fourth-order valence-corrected chi connectivity index (χ4v) is 2.00. The van der Waals surface area contributed by atoms with E-state index in [2.05, 4.69) is 5.16 Å². The Hall–Kier alpha value is -0.910. The van der Waals surface area contributed by atoms with E-state index in [1.165, 1.54) is 11.8 Å². The third-order valence-electron chi connectivity index (χ3n) is 1.67. The average Bonchev–Trinajstić information content (AvgIpc) is 2.26. The molecule has 0 aliphatic heterocycles. The van der Waals surface area contributed by atoms with Crippen LogP contribution in [0.5, 0.6) is 0 Å². The maximum Gasteiger partial charge on any atom is 0.171 e. The molecule has 0 aromatic heterocycles. The smallest absolute Gasteiger partial charge is 0.171 e. The van der Waals surface area contributed by atoms with E-state index in [-0.39, 0.29) is 12.4 Å². The minimum Gasteiger partial charge on any atom is -0.409 e. The lowest BCUT2D eigenvalue weighted by Gasteiger charge is -2.07. The van der Waals surface area contributed by atoms with Crippen molar-refractivity contribution in [3.8, 4) is 0 Å². The molecule has 4 nitrogen and oxygen atoms in total. The number of oxime groups is 1. The first kappa shape index (κ1) is 12.2. The van der Waals surface area contributed by atoms with Crippen molar-refractivity contribution < 1.29 is 10.3 Å². The van der Waals surface area contributed by atoms with Gasteiger partial charge in [-0.25, -0.2) is 0 Å². The van der Waals surface area contributed by atoms with Crippen LogP contribution in [0.1, 0.15) is 5.56 Å². The second kappa shape index (κ2) is 5.85. The molecule has 1 rings (SSSR count). The Kier molecular flexibility index (Phi) is 4.74. The average molecular weight is 247 g/mol. The van der Waals surface area contributed by atoms with E-state index in [0.717, 1.165) is 4.90 Å². The van der Waals surface area contributed by atoms with Crippen LogP contribution in [0.4, 0.5) is 0 Å². The van der Waals surface area contributed by atoms with Crippen LogP contribution in [-0.2, 0) is 0 Å². The molecule has 0 fully saturated rings. The Morgan fingerprint density at radius 3 is 2.87 bits per heavy atom. The quantitative estimate of drug-likeness (QED) is 0.247. The third kappa shape index (κ3) is 3.30. The number of aliphatic hydroxyl groups excluding tert-OH is 1. The molecule has 0 atom stereocenters. The molecule has 6 heteroatoms. The molecule has 0 saturated heterocycles. The topological polar surface area (TPSA) is 78.8 Å². The van der Waals surface area contributed by atoms with Crippen LogP contribution >= 0.6 is 23.4 Å². The fraction of sp³-hybridized carbons (Fsp3) is 0.222. The van der Waals surface area contributed by atoms with Crippen LogP contribution in [0.2, 0.25) is 5.02 Å². The zero-order valence-electron chi connectivity index (χ0n) is 7.85. The van der Waals surface area contributed by atoms with Crippen LogP contribution in [0.25, 0.3) is 0 Å². The maximum absolute atomic E-state index is 8.71. The number of hydrogen-bond acceptors (Lipinski definition) is 4. The summed E-state index contributed by atoms with van der Waals surface area (Å²) in [5.74, 6) is 0.561. The molecule has 0 unspecified atom stereocenters. The van der Waals surface area contributed by atoms with Gasteiger partial charge < -0.3 is 16.0 Å². The molecule has 0 spiro atoms. The number of aliphatic hydroxyl groups is 1. The number of hydrogen-bond donors (Lipinski definition) is 3. The molecule has 4 N–H and O–H groups in total. The molecule has 0 aliphatic carbocycles. The minimum absolute atomic E-state index is 0.0120. The van der Waals surface area contributed by atoms with Crippen LogP contribution in [0.15, 0.2) is 28.3 Å². The number of rotatable bonds is 4. The maximum atomic E-state index is 8.71. The van der Waals surface area contributed by atoms with Crippen molar-refractivity contribution in [2.24, 2.45) is 10.9 Å². The van der Waals surface area contributed by atoms with Gasteiger partial charge >= 0.3 is 0 Å². The molecule has 1 aromatic carbocycles. The van der Waals surface area contributed by atoms with Crippen molar-refractivity contribution in [1.82, 2.24) is 0 Å². The second-order valence-electron chi connectivity index (χ2n) is 2.70. The lowest BCUT2D eigenvalue weighted by molar-refractivity contribution is 0.318. The van der Waals surface area contributed by atoms with Crippen LogP contribution in [0.3, 0.4) is 0 Å². The van der Waals surface area contributed by atoms with Crippen molar-refractivity contribution in [3.63, 3.8) is 0 Å². The molecule has 1 aromatic rings. The SMILES string of the molecule is NC(=NO)c1cc(Cl)ccc1SCCO. The Balaban J connectivity index is 3.03. The molecule has 0 aliphatic rings. The molecule has 0 amide bonds. The van der Waals surface area contributed by atoms with Crippen LogP contribution in [0, 0.1) is 0 Å². The van der Waals surface area contributed by atoms with Crippen LogP contribution < -0.4 is 5.73 Å². The Morgan fingerprint density at radius 1 is 1.53 bits per heavy atom. The van der Waals surface area contributed by atoms with Gasteiger partial charge in [0, 0.05) is 21.2 Å². The second-order valence-corrected chi connectivity index (χ2v) is 4.27. The van der Waals surface area contributed by atoms with Gasteiger partial charge in [0.1, 0.15) is 0 Å². The van der Waals surface area contributed by atoms with Gasteiger partial charge in [0.2, 0.25) is 0 Å². The molecule has 0 radical (unpaired) electrons. The van der Waals surface area contributed by atoms with Gasteiger partial charge in [0.05, 0.1) is 6.61 Å². The highest BCUT2D eigenvalue weighted by Gasteiger charge is 2.08. The zero-order chi connectivity index (χ0) is 11.3. The summed E-state index contributed by atoms with van der Waals surface area (Å²) in [6.07, 6.45) is 0. The molecule has 0 bridgehead atoms. The Bertz CT molecular complexity index is 371. The van der Waals surface area contributed by atoms with Crippen molar-refractivity contribution >= 4 is 29.2 Å². The monoisotopic (exact) mass is 246 g/mol. The molecule has 82 valence electrons. The normalized spacial score (nSPS) is 11.7. The summed E-state index contributed by atoms with van der Waals surface area (Å²) in [6.45, 7) is 0.0723. The van der Waals surface area contributed by atoms with Crippen LogP contribution in [-0.4, -0.2) is 28.5 Å². The largest absolute Gasteiger partial charge is 0.409 e. The first-order valence-electron chi connectivity index (χ1n) is 4.20. The lowest BCUT2D eigenvalue weighted by Crippen LogP contribution is -2.14. The van der Waals surface area contributed by atoms with E-state index in [9.17, 15) is 0 Å². The van der Waals surface area contributed by atoms with Crippen molar-refractivity contribution in [2.75, 3.05) is 12.4 Å². The zero-order valence-corrected chi connectivity index (χ0v) is 9.42. The van der Waals surface area contributed by atoms with Crippen molar-refractivity contribution in [2.45, 2.75) is 4.90 Å². The molecule has 0 heterocycles. The number of halogens is 1. The van der Waals surface area contributed by atoms with E-state index in [1.807, 2.05) is 0 Å². The number of benzene rings is 1. The van der Waals surface area contributed by atoms with E-state index in [4.69, 9.17) is 27.6 Å². The molecule has 15 heavy (non-hydrogen) atoms. The van der Waals surface area contributed by atoms with E-state index >= 15 is 0 Å². The summed E-state index contributed by atoms with van der Waals surface area (Å²) < 4.78 is 0. The minimum atomic E-state index is 0.0120. The van der Waals surface area contributed by atoms with Gasteiger partial charge in [0.15, 0.2) is 5.84 Å². The van der Waals surface area contributed by atoms with Gasteiger partial charge in [-0.15, -0.1) is 11.8 Å². The first-order valence-corrected chi connectivity index (χ1v) is 5.56. The first-order chi connectivity index (χ1) is 7.19. The highest BCUT2D eigenvalue weighted by Crippen LogP contribution is 2.25. The van der Waals surface area contributed by atoms with E-state index < -0.39 is 0 Å². The summed E-state index contributed by atoms with van der Waals surface area (Å²) in [7, 11) is 0. The number of amidine groups is 1. The van der Waals surface area contributed by atoms with Crippen molar-refractivity contribution in [3.05, 3.63) is 28.8 Å².